The molecule has 7 heteroatoms. The highest BCUT2D eigenvalue weighted by molar-refractivity contribution is 5.76. The van der Waals surface area contributed by atoms with Crippen molar-refractivity contribution in [1.82, 2.24) is 24.6 Å². The molecule has 3 aromatic rings. The van der Waals surface area contributed by atoms with Crippen molar-refractivity contribution in [2.24, 2.45) is 0 Å². The average Bonchev–Trinajstić information content (AvgIpc) is 3.40. The number of aryl methyl sites for hydroxylation is 3. The summed E-state index contributed by atoms with van der Waals surface area (Å²) in [5.74, 6) is 2.28. The smallest absolute Gasteiger partial charge is 0.227 e. The lowest BCUT2D eigenvalue weighted by atomic mass is 9.98. The van der Waals surface area contributed by atoms with Crippen molar-refractivity contribution in [1.29, 1.82) is 0 Å². The van der Waals surface area contributed by atoms with Gasteiger partial charge in [-0.3, -0.25) is 4.79 Å². The fraction of sp³-hybridized carbons (Fsp3) is 0.455. The molecule has 29 heavy (non-hydrogen) atoms. The molecule has 1 saturated heterocycles. The van der Waals surface area contributed by atoms with Crippen LogP contribution in [0.3, 0.4) is 0 Å². The zero-order valence-corrected chi connectivity index (χ0v) is 16.8. The van der Waals surface area contributed by atoms with Gasteiger partial charge in [0.15, 0.2) is 0 Å². The van der Waals surface area contributed by atoms with Gasteiger partial charge in [0, 0.05) is 49.9 Å². The maximum Gasteiger partial charge on any atom is 0.227 e. The van der Waals surface area contributed by atoms with E-state index in [1.54, 1.807) is 0 Å². The minimum absolute atomic E-state index is 0.177. The molecule has 7 nitrogen and oxygen atoms in total. The molecule has 0 aliphatic carbocycles. The van der Waals surface area contributed by atoms with Gasteiger partial charge in [0.25, 0.3) is 0 Å². The number of rotatable bonds is 7. The number of imidazole rings is 1. The molecular weight excluding hydrogens is 366 g/mol. The highest BCUT2D eigenvalue weighted by Gasteiger charge is 2.26. The van der Waals surface area contributed by atoms with Gasteiger partial charge in [0.05, 0.1) is 0 Å². The molecule has 0 bridgehead atoms. The average molecular weight is 393 g/mol. The lowest BCUT2D eigenvalue weighted by Gasteiger charge is -2.36. The van der Waals surface area contributed by atoms with E-state index in [1.807, 2.05) is 49.6 Å². The minimum Gasteiger partial charge on any atom is -0.340 e. The largest absolute Gasteiger partial charge is 0.340 e. The van der Waals surface area contributed by atoms with E-state index in [4.69, 9.17) is 4.52 Å². The molecule has 1 aliphatic heterocycles. The number of piperidine rings is 1. The van der Waals surface area contributed by atoms with E-state index in [-0.39, 0.29) is 5.91 Å². The van der Waals surface area contributed by atoms with Crippen LogP contribution in [0.2, 0.25) is 0 Å². The Balaban J connectivity index is 1.33. The fourth-order valence-electron chi connectivity index (χ4n) is 3.98. The number of hydrogen-bond donors (Lipinski definition) is 0. The third-order valence-corrected chi connectivity index (χ3v) is 5.63. The van der Waals surface area contributed by atoms with Gasteiger partial charge < -0.3 is 14.0 Å². The second-order valence-electron chi connectivity index (χ2n) is 7.57. The molecule has 4 rings (SSSR count). The Morgan fingerprint density at radius 1 is 1.24 bits per heavy atom. The zero-order valence-electron chi connectivity index (χ0n) is 16.8. The Hall–Kier alpha value is -2.96. The first-order chi connectivity index (χ1) is 14.2. The molecule has 3 heterocycles. The second-order valence-corrected chi connectivity index (χ2v) is 7.57. The predicted molar refractivity (Wildman–Crippen MR) is 109 cm³/mol. The number of carbonyl (C=O) groups is 1. The first-order valence-corrected chi connectivity index (χ1v) is 10.4. The number of hydrogen-bond acceptors (Lipinski definition) is 5. The standard InChI is InChI=1S/C22H27N5O2/c1-17-23-13-16-26(17)15-12-19-9-5-6-14-27(19)21(28)11-10-20-24-22(25-29-20)18-7-3-2-4-8-18/h2-4,7-8,13,16,19H,5-6,9-12,14-15H2,1H3. The number of likely N-dealkylation sites (tertiary alicyclic amines) is 1. The second kappa shape index (κ2) is 9.03. The number of amides is 1. The summed E-state index contributed by atoms with van der Waals surface area (Å²) in [6, 6.07) is 10.0. The first kappa shape index (κ1) is 19.4. The molecule has 1 amide bonds. The van der Waals surface area contributed by atoms with Gasteiger partial charge >= 0.3 is 0 Å². The highest BCUT2D eigenvalue weighted by atomic mass is 16.5. The Bertz CT molecular complexity index is 934. The van der Waals surface area contributed by atoms with Crippen molar-refractivity contribution < 1.29 is 9.32 Å². The molecule has 1 unspecified atom stereocenters. The lowest BCUT2D eigenvalue weighted by Crippen LogP contribution is -2.44. The quantitative estimate of drug-likeness (QED) is 0.612. The molecule has 0 radical (unpaired) electrons. The SMILES string of the molecule is Cc1nccn1CCC1CCCCN1C(=O)CCc1nc(-c2ccccc2)no1. The molecular formula is C22H27N5O2. The Kier molecular flexibility index (Phi) is 6.03. The van der Waals surface area contributed by atoms with Crippen LogP contribution in [0.15, 0.2) is 47.2 Å². The highest BCUT2D eigenvalue weighted by Crippen LogP contribution is 2.22. The van der Waals surface area contributed by atoms with E-state index in [1.165, 1.54) is 6.42 Å². The van der Waals surface area contributed by atoms with E-state index in [0.717, 1.165) is 43.7 Å². The van der Waals surface area contributed by atoms with Gasteiger partial charge in [-0.15, -0.1) is 0 Å². The Morgan fingerprint density at radius 3 is 2.90 bits per heavy atom. The normalized spacial score (nSPS) is 16.9. The maximum atomic E-state index is 12.9. The van der Waals surface area contributed by atoms with E-state index in [2.05, 4.69) is 24.6 Å². The van der Waals surface area contributed by atoms with Crippen LogP contribution in [-0.4, -0.2) is 43.1 Å². The number of nitrogens with zero attached hydrogens (tertiary/aromatic N) is 5. The molecule has 152 valence electrons. The third-order valence-electron chi connectivity index (χ3n) is 5.63. The summed E-state index contributed by atoms with van der Waals surface area (Å²) in [7, 11) is 0. The molecule has 1 atom stereocenters. The van der Waals surface area contributed by atoms with Crippen LogP contribution < -0.4 is 0 Å². The lowest BCUT2D eigenvalue weighted by molar-refractivity contribution is -0.135. The van der Waals surface area contributed by atoms with Gasteiger partial charge in [0.2, 0.25) is 17.6 Å². The van der Waals surface area contributed by atoms with Crippen LogP contribution in [0.25, 0.3) is 11.4 Å². The van der Waals surface area contributed by atoms with Crippen molar-refractivity contribution >= 4 is 5.91 Å². The van der Waals surface area contributed by atoms with E-state index >= 15 is 0 Å². The van der Waals surface area contributed by atoms with Gasteiger partial charge in [-0.1, -0.05) is 35.5 Å². The topological polar surface area (TPSA) is 77.1 Å². The number of aromatic nitrogens is 4. The number of benzene rings is 1. The Labute approximate surface area is 170 Å². The summed E-state index contributed by atoms with van der Waals surface area (Å²) in [6.45, 7) is 3.74. The van der Waals surface area contributed by atoms with Crippen molar-refractivity contribution in [2.45, 2.75) is 58.0 Å². The van der Waals surface area contributed by atoms with Crippen molar-refractivity contribution in [3.8, 4) is 11.4 Å². The van der Waals surface area contributed by atoms with Crippen molar-refractivity contribution in [3.05, 3.63) is 54.4 Å². The summed E-state index contributed by atoms with van der Waals surface area (Å²) in [5, 5.41) is 4.04. The third kappa shape index (κ3) is 4.72. The summed E-state index contributed by atoms with van der Waals surface area (Å²) >= 11 is 0. The van der Waals surface area contributed by atoms with Gasteiger partial charge in [0.1, 0.15) is 5.82 Å². The summed E-state index contributed by atoms with van der Waals surface area (Å²) in [6.07, 6.45) is 8.99. The maximum absolute atomic E-state index is 12.9. The first-order valence-electron chi connectivity index (χ1n) is 10.4. The van der Waals surface area contributed by atoms with Crippen LogP contribution in [0.5, 0.6) is 0 Å². The summed E-state index contributed by atoms with van der Waals surface area (Å²) in [5.41, 5.74) is 0.916. The van der Waals surface area contributed by atoms with Gasteiger partial charge in [-0.25, -0.2) is 4.98 Å². The van der Waals surface area contributed by atoms with Crippen molar-refractivity contribution in [3.63, 3.8) is 0 Å². The molecule has 0 spiro atoms. The van der Waals surface area contributed by atoms with Crippen LogP contribution >= 0.6 is 0 Å². The Morgan fingerprint density at radius 2 is 2.10 bits per heavy atom. The van der Waals surface area contributed by atoms with Crippen LogP contribution in [-0.2, 0) is 17.8 Å². The van der Waals surface area contributed by atoms with Gasteiger partial charge in [-0.2, -0.15) is 4.98 Å². The predicted octanol–water partition coefficient (Wildman–Crippen LogP) is 3.65. The van der Waals surface area contributed by atoms with Crippen LogP contribution in [0.4, 0.5) is 0 Å². The monoisotopic (exact) mass is 393 g/mol. The molecule has 0 N–H and O–H groups in total. The van der Waals surface area contributed by atoms with E-state index < -0.39 is 0 Å². The van der Waals surface area contributed by atoms with E-state index in [9.17, 15) is 4.79 Å². The van der Waals surface area contributed by atoms with Crippen LogP contribution in [0, 0.1) is 6.92 Å². The molecule has 0 saturated carbocycles. The molecule has 1 aliphatic rings. The minimum atomic E-state index is 0.177. The van der Waals surface area contributed by atoms with Crippen LogP contribution in [0.1, 0.15) is 43.8 Å². The van der Waals surface area contributed by atoms with E-state index in [0.29, 0.717) is 30.6 Å². The molecule has 1 fully saturated rings. The summed E-state index contributed by atoms with van der Waals surface area (Å²) in [4.78, 5) is 23.7. The molecule has 1 aromatic carbocycles. The number of carbonyl (C=O) groups excluding carboxylic acids is 1. The zero-order chi connectivity index (χ0) is 20.1. The fourth-order valence-corrected chi connectivity index (χ4v) is 3.98. The van der Waals surface area contributed by atoms with Gasteiger partial charge in [-0.05, 0) is 32.6 Å². The van der Waals surface area contributed by atoms with Crippen molar-refractivity contribution in [2.75, 3.05) is 6.54 Å². The molecule has 2 aromatic heterocycles. The summed E-state index contributed by atoms with van der Waals surface area (Å²) < 4.78 is 7.50.